The summed E-state index contributed by atoms with van der Waals surface area (Å²) in [5.74, 6) is 1.39. The Kier molecular flexibility index (Phi) is 4.46. The third-order valence-electron chi connectivity index (χ3n) is 2.26. The van der Waals surface area contributed by atoms with Crippen LogP contribution >= 0.6 is 15.9 Å². The van der Waals surface area contributed by atoms with Gasteiger partial charge < -0.3 is 10.6 Å². The van der Waals surface area contributed by atoms with E-state index >= 15 is 0 Å². The minimum Gasteiger partial charge on any atom is -0.365 e. The first kappa shape index (κ1) is 12.8. The molecule has 0 fully saturated rings. The van der Waals surface area contributed by atoms with E-state index in [0.717, 1.165) is 22.4 Å². The Morgan fingerprint density at radius 3 is 2.89 bits per heavy atom. The summed E-state index contributed by atoms with van der Waals surface area (Å²) in [7, 11) is 0. The van der Waals surface area contributed by atoms with Gasteiger partial charge in [0.05, 0.1) is 4.47 Å². The number of rotatable bonds is 5. The average Bonchev–Trinajstić information content (AvgIpc) is 2.41. The van der Waals surface area contributed by atoms with Crippen molar-refractivity contribution in [2.45, 2.75) is 13.5 Å². The molecule has 0 bridgehead atoms. The van der Waals surface area contributed by atoms with Gasteiger partial charge in [-0.05, 0) is 34.5 Å². The second kappa shape index (κ2) is 6.30. The molecule has 0 saturated carbocycles. The van der Waals surface area contributed by atoms with Gasteiger partial charge in [-0.25, -0.2) is 4.98 Å². The van der Waals surface area contributed by atoms with E-state index in [0.29, 0.717) is 12.5 Å². The predicted molar refractivity (Wildman–Crippen MR) is 75.5 cm³/mol. The molecule has 18 heavy (non-hydrogen) atoms. The summed E-state index contributed by atoms with van der Waals surface area (Å²) in [6.07, 6.45) is 5.32. The van der Waals surface area contributed by atoms with Gasteiger partial charge in [0.1, 0.15) is 5.82 Å². The molecule has 0 unspecified atom stereocenters. The number of nitrogens with zero attached hydrogens (tertiary/aromatic N) is 3. The van der Waals surface area contributed by atoms with Gasteiger partial charge in [0.15, 0.2) is 0 Å². The number of halogens is 1. The molecule has 0 aromatic carbocycles. The number of nitrogens with one attached hydrogen (secondary N) is 2. The normalized spacial score (nSPS) is 10.1. The maximum Gasteiger partial charge on any atom is 0.224 e. The molecule has 0 aliphatic carbocycles. The molecule has 0 amide bonds. The van der Waals surface area contributed by atoms with Crippen molar-refractivity contribution in [3.8, 4) is 0 Å². The predicted octanol–water partition coefficient (Wildman–Crippen LogP) is 2.68. The van der Waals surface area contributed by atoms with Crippen molar-refractivity contribution >= 4 is 27.7 Å². The molecule has 0 spiro atoms. The van der Waals surface area contributed by atoms with Crippen LogP contribution in [0.5, 0.6) is 0 Å². The highest BCUT2D eigenvalue weighted by molar-refractivity contribution is 9.10. The molecule has 0 atom stereocenters. The molecule has 6 heteroatoms. The fraction of sp³-hybridized carbons (Fsp3) is 0.250. The molecule has 5 nitrogen and oxygen atoms in total. The molecule has 94 valence electrons. The van der Waals surface area contributed by atoms with Gasteiger partial charge in [0.2, 0.25) is 5.95 Å². The standard InChI is InChI=1S/C12H14BrN5/c1-2-15-12-17-8-10(13)11(18-12)16-7-9-4-3-5-14-6-9/h3-6,8H,2,7H2,1H3,(H2,15,16,17,18). The summed E-state index contributed by atoms with van der Waals surface area (Å²) in [4.78, 5) is 12.6. The van der Waals surface area contributed by atoms with Crippen molar-refractivity contribution in [3.63, 3.8) is 0 Å². The second-order valence-electron chi connectivity index (χ2n) is 3.64. The quantitative estimate of drug-likeness (QED) is 0.889. The molecular formula is C12H14BrN5. The van der Waals surface area contributed by atoms with Gasteiger partial charge in [-0.15, -0.1) is 0 Å². The van der Waals surface area contributed by atoms with Crippen LogP contribution in [0.2, 0.25) is 0 Å². The largest absolute Gasteiger partial charge is 0.365 e. The van der Waals surface area contributed by atoms with Crippen LogP contribution in [-0.4, -0.2) is 21.5 Å². The van der Waals surface area contributed by atoms with Crippen molar-refractivity contribution in [2.24, 2.45) is 0 Å². The minimum absolute atomic E-state index is 0.620. The Balaban J connectivity index is 2.06. The van der Waals surface area contributed by atoms with Crippen LogP contribution in [0.1, 0.15) is 12.5 Å². The van der Waals surface area contributed by atoms with Crippen LogP contribution in [0.25, 0.3) is 0 Å². The number of hydrogen-bond donors (Lipinski definition) is 2. The van der Waals surface area contributed by atoms with Crippen molar-refractivity contribution in [2.75, 3.05) is 17.2 Å². The lowest BCUT2D eigenvalue weighted by Crippen LogP contribution is -2.07. The van der Waals surface area contributed by atoms with Gasteiger partial charge in [-0.1, -0.05) is 6.07 Å². The molecule has 2 rings (SSSR count). The molecule has 2 aromatic heterocycles. The van der Waals surface area contributed by atoms with E-state index in [9.17, 15) is 0 Å². The van der Waals surface area contributed by atoms with Gasteiger partial charge in [-0.3, -0.25) is 4.98 Å². The van der Waals surface area contributed by atoms with Crippen LogP contribution in [0, 0.1) is 0 Å². The zero-order valence-electron chi connectivity index (χ0n) is 10.0. The van der Waals surface area contributed by atoms with Gasteiger partial charge >= 0.3 is 0 Å². The number of hydrogen-bond acceptors (Lipinski definition) is 5. The second-order valence-corrected chi connectivity index (χ2v) is 4.49. The first-order valence-electron chi connectivity index (χ1n) is 5.68. The summed E-state index contributed by atoms with van der Waals surface area (Å²) >= 11 is 3.42. The fourth-order valence-electron chi connectivity index (χ4n) is 1.42. The topological polar surface area (TPSA) is 62.7 Å². The molecule has 2 heterocycles. The summed E-state index contributed by atoms with van der Waals surface area (Å²) in [5, 5.41) is 6.33. The zero-order chi connectivity index (χ0) is 12.8. The van der Waals surface area contributed by atoms with Crippen LogP contribution < -0.4 is 10.6 Å². The van der Waals surface area contributed by atoms with Crippen molar-refractivity contribution in [1.29, 1.82) is 0 Å². The lowest BCUT2D eigenvalue weighted by Gasteiger charge is -2.09. The molecule has 0 saturated heterocycles. The summed E-state index contributed by atoms with van der Waals surface area (Å²) in [5.41, 5.74) is 1.10. The third-order valence-corrected chi connectivity index (χ3v) is 2.84. The Morgan fingerprint density at radius 2 is 2.17 bits per heavy atom. The van der Waals surface area contributed by atoms with E-state index in [-0.39, 0.29) is 0 Å². The van der Waals surface area contributed by atoms with Crippen LogP contribution in [0.3, 0.4) is 0 Å². The monoisotopic (exact) mass is 307 g/mol. The van der Waals surface area contributed by atoms with Crippen molar-refractivity contribution < 1.29 is 0 Å². The third kappa shape index (κ3) is 3.40. The molecule has 2 aromatic rings. The van der Waals surface area contributed by atoms with E-state index in [2.05, 4.69) is 41.5 Å². The Morgan fingerprint density at radius 1 is 1.28 bits per heavy atom. The number of pyridine rings is 1. The molecule has 0 radical (unpaired) electrons. The minimum atomic E-state index is 0.620. The average molecular weight is 308 g/mol. The molecule has 0 aliphatic rings. The van der Waals surface area contributed by atoms with E-state index in [1.54, 1.807) is 12.4 Å². The Hall–Kier alpha value is -1.69. The summed E-state index contributed by atoms with van der Waals surface area (Å²) < 4.78 is 0.841. The first-order chi connectivity index (χ1) is 8.79. The lowest BCUT2D eigenvalue weighted by molar-refractivity contribution is 1.04. The SMILES string of the molecule is CCNc1ncc(Br)c(NCc2cccnc2)n1. The van der Waals surface area contributed by atoms with Gasteiger partial charge in [-0.2, -0.15) is 4.98 Å². The lowest BCUT2D eigenvalue weighted by atomic mass is 10.3. The van der Waals surface area contributed by atoms with Crippen LogP contribution in [0.15, 0.2) is 35.2 Å². The maximum absolute atomic E-state index is 4.38. The number of aromatic nitrogens is 3. The molecule has 2 N–H and O–H groups in total. The number of anilines is 2. The van der Waals surface area contributed by atoms with E-state index in [1.165, 1.54) is 0 Å². The highest BCUT2D eigenvalue weighted by atomic mass is 79.9. The highest BCUT2D eigenvalue weighted by Crippen LogP contribution is 2.20. The summed E-state index contributed by atoms with van der Waals surface area (Å²) in [6, 6.07) is 3.93. The molecule has 0 aliphatic heterocycles. The van der Waals surface area contributed by atoms with E-state index in [4.69, 9.17) is 0 Å². The Labute approximate surface area is 114 Å². The maximum atomic E-state index is 4.38. The van der Waals surface area contributed by atoms with Crippen LogP contribution in [-0.2, 0) is 6.54 Å². The van der Waals surface area contributed by atoms with Crippen molar-refractivity contribution in [3.05, 3.63) is 40.8 Å². The zero-order valence-corrected chi connectivity index (χ0v) is 11.6. The first-order valence-corrected chi connectivity index (χ1v) is 6.48. The van der Waals surface area contributed by atoms with Crippen LogP contribution in [0.4, 0.5) is 11.8 Å². The fourth-order valence-corrected chi connectivity index (χ4v) is 1.75. The highest BCUT2D eigenvalue weighted by Gasteiger charge is 2.04. The molecular weight excluding hydrogens is 294 g/mol. The van der Waals surface area contributed by atoms with Crippen molar-refractivity contribution in [1.82, 2.24) is 15.0 Å². The Bertz CT molecular complexity index is 503. The van der Waals surface area contributed by atoms with E-state index in [1.807, 2.05) is 25.3 Å². The van der Waals surface area contributed by atoms with Gasteiger partial charge in [0.25, 0.3) is 0 Å². The smallest absolute Gasteiger partial charge is 0.224 e. The van der Waals surface area contributed by atoms with Gasteiger partial charge in [0, 0.05) is 31.7 Å². The summed E-state index contributed by atoms with van der Waals surface area (Å²) in [6.45, 7) is 3.48. The van der Waals surface area contributed by atoms with E-state index < -0.39 is 0 Å².